The van der Waals surface area contributed by atoms with E-state index in [0.717, 1.165) is 6.42 Å². The fourth-order valence-corrected chi connectivity index (χ4v) is 10.2. The van der Waals surface area contributed by atoms with Crippen molar-refractivity contribution in [3.8, 4) is 0 Å². The predicted octanol–water partition coefficient (Wildman–Crippen LogP) is 10.4. The monoisotopic (exact) mass is 661 g/mol. The van der Waals surface area contributed by atoms with E-state index in [0.29, 0.717) is 0 Å². The maximum atomic E-state index is 2.75. The number of fused-ring (bicyclic) bond motifs is 7. The molecule has 6 aromatic carbocycles. The lowest BCUT2D eigenvalue weighted by Gasteiger charge is -2.46. The molecule has 0 amide bonds. The molecule has 0 N–H and O–H groups in total. The summed E-state index contributed by atoms with van der Waals surface area (Å²) >= 11 is 0. The van der Waals surface area contributed by atoms with Crippen molar-refractivity contribution in [1.82, 2.24) is 0 Å². The van der Waals surface area contributed by atoms with Crippen LogP contribution < -0.4 is 31.1 Å². The molecule has 1 aliphatic carbocycles. The molecule has 0 saturated heterocycles. The first-order valence-electron chi connectivity index (χ1n) is 18.7. The van der Waals surface area contributed by atoms with Crippen LogP contribution in [0, 0.1) is 0 Å². The molecule has 6 aromatic rings. The molecule has 2 unspecified atom stereocenters. The van der Waals surface area contributed by atoms with Crippen molar-refractivity contribution in [3.05, 3.63) is 151 Å². The fourth-order valence-electron chi connectivity index (χ4n) is 10.2. The molecule has 0 aromatic heterocycles. The molecular weight excluding hydrogens is 617 g/mol. The zero-order valence-corrected chi connectivity index (χ0v) is 30.3. The quantitative estimate of drug-likeness (QED) is 0.175. The minimum absolute atomic E-state index is 0.0523. The predicted molar refractivity (Wildman–Crippen MR) is 217 cm³/mol. The Morgan fingerprint density at radius 3 is 1.61 bits per heavy atom. The maximum absolute atomic E-state index is 2.75. The first-order valence-corrected chi connectivity index (χ1v) is 18.7. The van der Waals surface area contributed by atoms with E-state index in [1.54, 1.807) is 0 Å². The molecule has 3 heterocycles. The average Bonchev–Trinajstić information content (AvgIpc) is 3.55. The normalized spacial score (nSPS) is 21.2. The van der Waals surface area contributed by atoms with E-state index in [9.17, 15) is 0 Å². The van der Waals surface area contributed by atoms with E-state index in [4.69, 9.17) is 0 Å². The summed E-state index contributed by atoms with van der Waals surface area (Å²) in [5, 5.41) is 0. The van der Waals surface area contributed by atoms with Crippen LogP contribution in [0.5, 0.6) is 0 Å². The number of hydrogen-bond donors (Lipinski definition) is 0. The van der Waals surface area contributed by atoms with Gasteiger partial charge >= 0.3 is 0 Å². The summed E-state index contributed by atoms with van der Waals surface area (Å²) in [5.41, 5.74) is 17.1. The largest absolute Gasteiger partial charge is 0.334 e. The Balaban J connectivity index is 1.31. The smallest absolute Gasteiger partial charge is 0.252 e. The molecule has 250 valence electrons. The van der Waals surface area contributed by atoms with Crippen LogP contribution in [-0.4, -0.2) is 12.3 Å². The van der Waals surface area contributed by atoms with Gasteiger partial charge in [0.25, 0.3) is 6.71 Å². The molecule has 0 radical (unpaired) electrons. The van der Waals surface area contributed by atoms with Gasteiger partial charge in [0.15, 0.2) is 0 Å². The second-order valence-corrected chi connectivity index (χ2v) is 16.6. The Hall–Kier alpha value is -5.22. The third-order valence-electron chi connectivity index (χ3n) is 12.9. The maximum Gasteiger partial charge on any atom is 0.252 e. The Bertz CT molecular complexity index is 2230. The van der Waals surface area contributed by atoms with Crippen molar-refractivity contribution >= 4 is 68.6 Å². The van der Waals surface area contributed by atoms with Crippen LogP contribution in [0.15, 0.2) is 140 Å². The molecule has 10 rings (SSSR count). The van der Waals surface area contributed by atoms with Gasteiger partial charge in [0.05, 0.1) is 5.54 Å². The lowest BCUT2D eigenvalue weighted by molar-refractivity contribution is 0.330. The molecule has 3 nitrogen and oxygen atoms in total. The topological polar surface area (TPSA) is 9.72 Å². The molecule has 1 saturated carbocycles. The van der Waals surface area contributed by atoms with E-state index in [-0.39, 0.29) is 23.1 Å². The van der Waals surface area contributed by atoms with Crippen LogP contribution in [0.2, 0.25) is 0 Å². The zero-order valence-electron chi connectivity index (χ0n) is 30.3. The third-order valence-corrected chi connectivity index (χ3v) is 12.9. The van der Waals surface area contributed by atoms with Gasteiger partial charge in [-0.15, -0.1) is 0 Å². The highest BCUT2D eigenvalue weighted by Crippen LogP contribution is 2.63. The van der Waals surface area contributed by atoms with Crippen LogP contribution in [0.3, 0.4) is 0 Å². The molecule has 0 spiro atoms. The molecule has 1 fully saturated rings. The van der Waals surface area contributed by atoms with E-state index in [2.05, 4.69) is 189 Å². The third kappa shape index (κ3) is 4.14. The highest BCUT2D eigenvalue weighted by molar-refractivity contribution is 7.00. The van der Waals surface area contributed by atoms with Crippen molar-refractivity contribution in [2.24, 2.45) is 0 Å². The molecule has 4 aliphatic rings. The SMILES string of the molecule is CC(C)(C)c1ccc2c(c1)C1(C)CCCC1(C)N2c1cc2c3c(c1)N(c1ccccc1)c1ccccc1B3c1ccccc1N2c1ccccc1. The molecule has 2 atom stereocenters. The van der Waals surface area contributed by atoms with Crippen molar-refractivity contribution in [3.63, 3.8) is 0 Å². The molecule has 0 bridgehead atoms. The van der Waals surface area contributed by atoms with Crippen molar-refractivity contribution < 1.29 is 0 Å². The summed E-state index contributed by atoms with van der Waals surface area (Å²) in [7, 11) is 0. The molecule has 3 aliphatic heterocycles. The first-order chi connectivity index (χ1) is 24.7. The Labute approximate surface area is 303 Å². The second kappa shape index (κ2) is 10.7. The van der Waals surface area contributed by atoms with Crippen molar-refractivity contribution in [1.29, 1.82) is 0 Å². The fraction of sp³-hybridized carbons (Fsp3) is 0.234. The van der Waals surface area contributed by atoms with E-state index < -0.39 is 0 Å². The number of anilines is 8. The number of hydrogen-bond acceptors (Lipinski definition) is 3. The summed E-state index contributed by atoms with van der Waals surface area (Å²) in [4.78, 5) is 7.81. The van der Waals surface area contributed by atoms with Gasteiger partial charge in [-0.25, -0.2) is 0 Å². The summed E-state index contributed by atoms with van der Waals surface area (Å²) in [6.07, 6.45) is 3.59. The first kappa shape index (κ1) is 30.6. The summed E-state index contributed by atoms with van der Waals surface area (Å²) in [6, 6.07) is 52.5. The number of nitrogens with zero attached hydrogens (tertiary/aromatic N) is 3. The lowest BCUT2D eigenvalue weighted by atomic mass is 9.33. The molecule has 51 heavy (non-hydrogen) atoms. The number of para-hydroxylation sites is 4. The highest BCUT2D eigenvalue weighted by Gasteiger charge is 2.60. The zero-order chi connectivity index (χ0) is 34.7. The Morgan fingerprint density at radius 1 is 0.529 bits per heavy atom. The van der Waals surface area contributed by atoms with Gasteiger partial charge in [-0.05, 0) is 107 Å². The van der Waals surface area contributed by atoms with Gasteiger partial charge in [-0.3, -0.25) is 0 Å². The van der Waals surface area contributed by atoms with Gasteiger partial charge in [-0.1, -0.05) is 119 Å². The van der Waals surface area contributed by atoms with Gasteiger partial charge in [0.2, 0.25) is 0 Å². The molecule has 4 heteroatoms. The van der Waals surface area contributed by atoms with Crippen LogP contribution in [0.1, 0.15) is 65.0 Å². The van der Waals surface area contributed by atoms with Crippen LogP contribution in [0.4, 0.5) is 45.5 Å². The second-order valence-electron chi connectivity index (χ2n) is 16.6. The Kier molecular flexibility index (Phi) is 6.39. The molecular formula is C47H44BN3. The summed E-state index contributed by atoms with van der Waals surface area (Å²) in [6.45, 7) is 12.2. The van der Waals surface area contributed by atoms with Crippen LogP contribution >= 0.6 is 0 Å². The van der Waals surface area contributed by atoms with Gasteiger partial charge < -0.3 is 14.7 Å². The van der Waals surface area contributed by atoms with Crippen LogP contribution in [-0.2, 0) is 10.8 Å². The lowest BCUT2D eigenvalue weighted by Crippen LogP contribution is -2.61. The Morgan fingerprint density at radius 2 is 1.06 bits per heavy atom. The van der Waals surface area contributed by atoms with Crippen molar-refractivity contribution in [2.45, 2.75) is 70.3 Å². The van der Waals surface area contributed by atoms with E-state index in [1.807, 2.05) is 0 Å². The van der Waals surface area contributed by atoms with Crippen LogP contribution in [0.25, 0.3) is 0 Å². The van der Waals surface area contributed by atoms with Gasteiger partial charge in [0, 0.05) is 50.9 Å². The summed E-state index contributed by atoms with van der Waals surface area (Å²) < 4.78 is 0. The standard InChI is InChI=1S/C47H44BN3/c1-45(2,3)32-25-26-39-36(29-32)46(4)27-16-28-47(46,5)51(39)35-30-42-44-43(31-35)50(34-19-10-7-11-20-34)41-24-15-13-22-38(41)48(44)37-21-12-14-23-40(37)49(42)33-17-8-6-9-18-33/h6-15,17-26,29-31H,16,27-28H2,1-5H3. The van der Waals surface area contributed by atoms with Gasteiger partial charge in [0.1, 0.15) is 0 Å². The minimum Gasteiger partial charge on any atom is -0.334 e. The van der Waals surface area contributed by atoms with E-state index in [1.165, 1.54) is 85.9 Å². The van der Waals surface area contributed by atoms with E-state index >= 15 is 0 Å². The highest BCUT2D eigenvalue weighted by atomic mass is 15.3. The number of rotatable bonds is 3. The minimum atomic E-state index is -0.0551. The average molecular weight is 662 g/mol. The van der Waals surface area contributed by atoms with Crippen molar-refractivity contribution in [2.75, 3.05) is 14.7 Å². The number of benzene rings is 6. The van der Waals surface area contributed by atoms with Gasteiger partial charge in [-0.2, -0.15) is 0 Å². The summed E-state index contributed by atoms with van der Waals surface area (Å²) in [5.74, 6) is 0.